The van der Waals surface area contributed by atoms with Crippen LogP contribution >= 0.6 is 23.2 Å². The number of hydrogen-bond acceptors (Lipinski definition) is 7. The second kappa shape index (κ2) is 10.0. The molecule has 0 unspecified atom stereocenters. The molecule has 0 saturated carbocycles. The average molecular weight is 453 g/mol. The Labute approximate surface area is 186 Å². The molecule has 1 N–H and O–H groups in total. The number of ether oxygens (including phenoxy) is 1. The van der Waals surface area contributed by atoms with Crippen LogP contribution < -0.4 is 0 Å². The van der Waals surface area contributed by atoms with Crippen molar-refractivity contribution in [3.8, 4) is 0 Å². The summed E-state index contributed by atoms with van der Waals surface area (Å²) in [6, 6.07) is 0. The van der Waals surface area contributed by atoms with E-state index in [4.69, 9.17) is 28.3 Å². The molecule has 4 rings (SSSR count). The van der Waals surface area contributed by atoms with E-state index in [9.17, 15) is 4.79 Å². The topological polar surface area (TPSA) is 78.8 Å². The molecule has 0 aliphatic carbocycles. The fourth-order valence-electron chi connectivity index (χ4n) is 3.60. The van der Waals surface area contributed by atoms with E-state index >= 15 is 0 Å². The summed E-state index contributed by atoms with van der Waals surface area (Å²) in [5.74, 6) is -0.431. The number of esters is 1. The number of aliphatic hydroxyl groups is 1. The molecule has 30 heavy (non-hydrogen) atoms. The molecule has 0 atom stereocenters. The first kappa shape index (κ1) is 22.9. The lowest BCUT2D eigenvalue weighted by atomic mass is 10.0. The number of methoxy groups -OCH3 is 1. The van der Waals surface area contributed by atoms with E-state index in [1.807, 2.05) is 7.05 Å². The highest BCUT2D eigenvalue weighted by molar-refractivity contribution is 6.34. The first-order valence-corrected chi connectivity index (χ1v) is 10.5. The van der Waals surface area contributed by atoms with Gasteiger partial charge in [-0.15, -0.1) is 0 Å². The van der Waals surface area contributed by atoms with Crippen molar-refractivity contribution in [1.82, 2.24) is 19.8 Å². The number of aliphatic hydroxyl groups excluding tert-OH is 1. The minimum atomic E-state index is -0.431. The largest absolute Gasteiger partial charge is 0.465 e. The van der Waals surface area contributed by atoms with Gasteiger partial charge >= 0.3 is 5.97 Å². The summed E-state index contributed by atoms with van der Waals surface area (Å²) in [7, 11) is 5.44. The number of pyridine rings is 2. The van der Waals surface area contributed by atoms with Crippen molar-refractivity contribution < 1.29 is 14.6 Å². The van der Waals surface area contributed by atoms with Crippen LogP contribution in [0, 0.1) is 0 Å². The number of hydrogen-bond donors (Lipinski definition) is 1. The number of halogens is 2. The summed E-state index contributed by atoms with van der Waals surface area (Å²) in [6.07, 6.45) is 4.90. The normalized spacial score (nSPS) is 16.2. The van der Waals surface area contributed by atoms with E-state index in [-0.39, 0.29) is 6.61 Å². The van der Waals surface area contributed by atoms with Crippen LogP contribution in [-0.2, 0) is 37.3 Å². The lowest BCUT2D eigenvalue weighted by molar-refractivity contribution is 0.0600. The van der Waals surface area contributed by atoms with Crippen molar-refractivity contribution in [3.63, 3.8) is 0 Å². The fraction of sp³-hybridized carbons (Fsp3) is 0.476. The van der Waals surface area contributed by atoms with Gasteiger partial charge in [0, 0.05) is 44.1 Å². The summed E-state index contributed by atoms with van der Waals surface area (Å²) in [4.78, 5) is 24.4. The predicted octanol–water partition coefficient (Wildman–Crippen LogP) is 2.72. The van der Waals surface area contributed by atoms with E-state index in [1.54, 1.807) is 6.20 Å². The fourth-order valence-corrected chi connectivity index (χ4v) is 4.24. The zero-order chi connectivity index (χ0) is 21.8. The second-order valence-electron chi connectivity index (χ2n) is 7.56. The molecular formula is C21H26Cl2N4O3. The minimum Gasteiger partial charge on any atom is -0.465 e. The first-order valence-electron chi connectivity index (χ1n) is 9.73. The van der Waals surface area contributed by atoms with Crippen LogP contribution in [0.15, 0.2) is 12.4 Å². The molecular weight excluding hydrogens is 427 g/mol. The van der Waals surface area contributed by atoms with Crippen molar-refractivity contribution in [2.24, 2.45) is 0 Å². The smallest absolute Gasteiger partial charge is 0.340 e. The third kappa shape index (κ3) is 4.92. The quantitative estimate of drug-likeness (QED) is 0.701. The van der Waals surface area contributed by atoms with Crippen molar-refractivity contribution in [2.75, 3.05) is 34.3 Å². The van der Waals surface area contributed by atoms with Gasteiger partial charge in [-0.3, -0.25) is 9.97 Å². The van der Waals surface area contributed by atoms with E-state index in [0.717, 1.165) is 67.1 Å². The van der Waals surface area contributed by atoms with Crippen LogP contribution in [0.25, 0.3) is 0 Å². The summed E-state index contributed by atoms with van der Waals surface area (Å²) in [5, 5.41) is 10.2. The monoisotopic (exact) mass is 452 g/mol. The Hall–Kier alpha value is -1.77. The number of nitrogens with zero attached hydrogens (tertiary/aromatic N) is 4. The van der Waals surface area contributed by atoms with E-state index in [0.29, 0.717) is 15.6 Å². The van der Waals surface area contributed by atoms with Crippen LogP contribution in [0.3, 0.4) is 0 Å². The van der Waals surface area contributed by atoms with Gasteiger partial charge in [0.2, 0.25) is 0 Å². The molecule has 0 fully saturated rings. The Kier molecular flexibility index (Phi) is 7.65. The summed E-state index contributed by atoms with van der Waals surface area (Å²) in [6.45, 7) is 3.52. The van der Waals surface area contributed by atoms with Crippen molar-refractivity contribution in [2.45, 2.75) is 32.5 Å². The van der Waals surface area contributed by atoms with Gasteiger partial charge in [0.25, 0.3) is 0 Å². The lowest BCUT2D eigenvalue weighted by Crippen LogP contribution is -2.28. The number of fused-ring (bicyclic) bond motifs is 2. The maximum Gasteiger partial charge on any atom is 0.340 e. The maximum absolute atomic E-state index is 11.4. The zero-order valence-electron chi connectivity index (χ0n) is 17.4. The number of aromatic nitrogens is 2. The molecule has 0 spiro atoms. The Bertz CT molecular complexity index is 939. The van der Waals surface area contributed by atoms with Crippen molar-refractivity contribution in [1.29, 1.82) is 0 Å². The number of rotatable bonds is 2. The molecule has 0 radical (unpaired) electrons. The van der Waals surface area contributed by atoms with Crippen LogP contribution in [0.5, 0.6) is 0 Å². The van der Waals surface area contributed by atoms with Crippen molar-refractivity contribution >= 4 is 29.2 Å². The Balaban J connectivity index is 0.000000172. The number of likely N-dealkylation sites (N-methyl/N-ethyl adjacent to an activating group) is 2. The van der Waals surface area contributed by atoms with Gasteiger partial charge in [0.1, 0.15) is 0 Å². The Morgan fingerprint density at radius 2 is 1.57 bits per heavy atom. The predicted molar refractivity (Wildman–Crippen MR) is 116 cm³/mol. The van der Waals surface area contributed by atoms with Gasteiger partial charge in [-0.2, -0.15) is 0 Å². The molecule has 2 aliphatic rings. The van der Waals surface area contributed by atoms with Crippen LogP contribution in [-0.4, -0.2) is 65.1 Å². The molecule has 2 aromatic rings. The number of carbonyl (C=O) groups is 1. The third-order valence-electron chi connectivity index (χ3n) is 5.37. The first-order chi connectivity index (χ1) is 14.3. The SMILES string of the molecule is CN1CCc2c(ncc(CO)c2Cl)C1.COC(=O)c1cnc2c(c1Cl)CCN(C)C2. The summed E-state index contributed by atoms with van der Waals surface area (Å²) < 4.78 is 4.66. The molecule has 0 bridgehead atoms. The molecule has 2 aliphatic heterocycles. The molecule has 0 saturated heterocycles. The maximum atomic E-state index is 11.4. The average Bonchev–Trinajstić information content (AvgIpc) is 2.74. The molecule has 2 aromatic heterocycles. The van der Waals surface area contributed by atoms with Crippen LogP contribution in [0.1, 0.15) is 38.4 Å². The van der Waals surface area contributed by atoms with Crippen molar-refractivity contribution in [3.05, 3.63) is 56.1 Å². The molecule has 7 nitrogen and oxygen atoms in total. The second-order valence-corrected chi connectivity index (χ2v) is 8.31. The highest BCUT2D eigenvalue weighted by Gasteiger charge is 2.22. The van der Waals surface area contributed by atoms with E-state index < -0.39 is 5.97 Å². The lowest BCUT2D eigenvalue weighted by Gasteiger charge is -2.25. The van der Waals surface area contributed by atoms with Gasteiger partial charge in [0.05, 0.1) is 40.7 Å². The van der Waals surface area contributed by atoms with E-state index in [1.165, 1.54) is 13.3 Å². The van der Waals surface area contributed by atoms with Gasteiger partial charge in [0.15, 0.2) is 0 Å². The Morgan fingerprint density at radius 3 is 2.10 bits per heavy atom. The minimum absolute atomic E-state index is 0.0328. The highest BCUT2D eigenvalue weighted by atomic mass is 35.5. The van der Waals surface area contributed by atoms with Gasteiger partial charge < -0.3 is 19.6 Å². The molecule has 9 heteroatoms. The standard InChI is InChI=1S/C11H13ClN2O2.C10H13ClN2O/c1-14-4-3-7-9(6-14)13-5-8(10(7)12)11(15)16-2;1-13-3-2-8-9(5-13)12-4-7(6-14)10(8)11/h5H,3-4,6H2,1-2H3;4,14H,2-3,5-6H2,1H3. The summed E-state index contributed by atoms with van der Waals surface area (Å²) in [5.41, 5.74) is 5.16. The third-order valence-corrected chi connectivity index (χ3v) is 6.28. The molecule has 162 valence electrons. The Morgan fingerprint density at radius 1 is 1.03 bits per heavy atom. The molecule has 4 heterocycles. The zero-order valence-corrected chi connectivity index (χ0v) is 18.9. The van der Waals surface area contributed by atoms with Gasteiger partial charge in [-0.25, -0.2) is 4.79 Å². The molecule has 0 amide bonds. The van der Waals surface area contributed by atoms with Crippen LogP contribution in [0.2, 0.25) is 10.0 Å². The van der Waals surface area contributed by atoms with E-state index in [2.05, 4.69) is 31.6 Å². The van der Waals surface area contributed by atoms with Crippen LogP contribution in [0.4, 0.5) is 0 Å². The summed E-state index contributed by atoms with van der Waals surface area (Å²) >= 11 is 12.3. The molecule has 0 aromatic carbocycles. The van der Waals surface area contributed by atoms with Gasteiger partial charge in [-0.05, 0) is 38.1 Å². The van der Waals surface area contributed by atoms with Gasteiger partial charge in [-0.1, -0.05) is 23.2 Å². The highest BCUT2D eigenvalue weighted by Crippen LogP contribution is 2.28. The number of carbonyl (C=O) groups excluding carboxylic acids is 1.